The summed E-state index contributed by atoms with van der Waals surface area (Å²) in [5, 5.41) is 0. The van der Waals surface area contributed by atoms with Crippen LogP contribution in [0, 0.1) is 5.82 Å². The fraction of sp³-hybridized carbons (Fsp3) is 0.400. The highest BCUT2D eigenvalue weighted by molar-refractivity contribution is 5.85. The maximum atomic E-state index is 13.3. The summed E-state index contributed by atoms with van der Waals surface area (Å²) in [4.78, 5) is 0. The predicted octanol–water partition coefficient (Wildman–Crippen LogP) is 2.58. The van der Waals surface area contributed by atoms with E-state index in [-0.39, 0.29) is 18.2 Å². The van der Waals surface area contributed by atoms with Crippen molar-refractivity contribution in [1.29, 1.82) is 0 Å². The van der Waals surface area contributed by atoms with Crippen LogP contribution >= 0.6 is 12.4 Å². The van der Waals surface area contributed by atoms with Crippen molar-refractivity contribution in [3.05, 3.63) is 35.1 Å². The first-order valence-electron chi connectivity index (χ1n) is 4.30. The molecular formula is C10H13ClFN. The van der Waals surface area contributed by atoms with Gasteiger partial charge in [-0.25, -0.2) is 4.39 Å². The molecule has 1 nitrogen and oxygen atoms in total. The van der Waals surface area contributed by atoms with Gasteiger partial charge in [0.2, 0.25) is 0 Å². The minimum Gasteiger partial charge on any atom is -0.326 e. The minimum absolute atomic E-state index is 0. The number of hydrogen-bond acceptors (Lipinski definition) is 1. The number of benzene rings is 1. The Morgan fingerprint density at radius 2 is 2.08 bits per heavy atom. The lowest BCUT2D eigenvalue weighted by Gasteiger charge is -2.06. The van der Waals surface area contributed by atoms with Gasteiger partial charge in [0.1, 0.15) is 5.82 Å². The fourth-order valence-electron chi connectivity index (χ4n) is 1.59. The van der Waals surface area contributed by atoms with Crippen molar-refractivity contribution < 1.29 is 4.39 Å². The van der Waals surface area contributed by atoms with E-state index in [0.29, 0.717) is 12.5 Å². The largest absolute Gasteiger partial charge is 0.326 e. The van der Waals surface area contributed by atoms with E-state index in [1.165, 1.54) is 6.07 Å². The van der Waals surface area contributed by atoms with E-state index in [2.05, 4.69) is 0 Å². The molecular weight excluding hydrogens is 189 g/mol. The molecule has 0 aliphatic heterocycles. The van der Waals surface area contributed by atoms with Gasteiger partial charge in [-0.3, -0.25) is 0 Å². The van der Waals surface area contributed by atoms with Crippen LogP contribution in [0.3, 0.4) is 0 Å². The Morgan fingerprint density at radius 3 is 2.62 bits per heavy atom. The maximum Gasteiger partial charge on any atom is 0.127 e. The van der Waals surface area contributed by atoms with E-state index < -0.39 is 0 Å². The standard InChI is InChI=1S/C10H12FN.ClH/c11-9-3-1-2-8(6-12)10(9)7-4-5-7;/h1-3,7H,4-6,12H2;1H. The molecule has 2 N–H and O–H groups in total. The molecule has 0 unspecified atom stereocenters. The molecule has 0 saturated heterocycles. The summed E-state index contributed by atoms with van der Waals surface area (Å²) in [5.74, 6) is 0.366. The smallest absolute Gasteiger partial charge is 0.127 e. The van der Waals surface area contributed by atoms with E-state index in [4.69, 9.17) is 5.73 Å². The summed E-state index contributed by atoms with van der Waals surface area (Å²) in [5.41, 5.74) is 7.35. The molecule has 1 aliphatic rings. The van der Waals surface area contributed by atoms with Gasteiger partial charge in [0.25, 0.3) is 0 Å². The van der Waals surface area contributed by atoms with Crippen LogP contribution < -0.4 is 5.73 Å². The van der Waals surface area contributed by atoms with Crippen LogP contribution in [0.15, 0.2) is 18.2 Å². The Kier molecular flexibility index (Phi) is 3.28. The highest BCUT2D eigenvalue weighted by Gasteiger charge is 2.28. The molecule has 0 atom stereocenters. The van der Waals surface area contributed by atoms with Crippen molar-refractivity contribution in [2.24, 2.45) is 5.73 Å². The molecule has 1 aliphatic carbocycles. The lowest BCUT2D eigenvalue weighted by atomic mass is 10.0. The Balaban J connectivity index is 0.000000845. The van der Waals surface area contributed by atoms with E-state index in [1.807, 2.05) is 6.07 Å². The second kappa shape index (κ2) is 4.07. The van der Waals surface area contributed by atoms with Gasteiger partial charge in [0.05, 0.1) is 0 Å². The van der Waals surface area contributed by atoms with Crippen LogP contribution in [0.5, 0.6) is 0 Å². The first kappa shape index (κ1) is 10.5. The van der Waals surface area contributed by atoms with Crippen LogP contribution in [-0.4, -0.2) is 0 Å². The lowest BCUT2D eigenvalue weighted by Crippen LogP contribution is -2.02. The topological polar surface area (TPSA) is 26.0 Å². The molecule has 0 bridgehead atoms. The van der Waals surface area contributed by atoms with Crippen LogP contribution in [0.2, 0.25) is 0 Å². The zero-order valence-electron chi connectivity index (χ0n) is 7.29. The summed E-state index contributed by atoms with van der Waals surface area (Å²) < 4.78 is 13.3. The Bertz CT molecular complexity index is 297. The van der Waals surface area contributed by atoms with Crippen LogP contribution in [0.1, 0.15) is 29.9 Å². The first-order chi connectivity index (χ1) is 5.83. The van der Waals surface area contributed by atoms with Crippen molar-refractivity contribution in [3.63, 3.8) is 0 Å². The van der Waals surface area contributed by atoms with Gasteiger partial charge in [-0.2, -0.15) is 0 Å². The molecule has 1 fully saturated rings. The third-order valence-electron chi connectivity index (χ3n) is 2.35. The third kappa shape index (κ3) is 2.01. The number of nitrogens with two attached hydrogens (primary N) is 1. The SMILES string of the molecule is Cl.NCc1cccc(F)c1C1CC1. The Labute approximate surface area is 83.5 Å². The van der Waals surface area contributed by atoms with Gasteiger partial charge in [-0.1, -0.05) is 12.1 Å². The van der Waals surface area contributed by atoms with E-state index in [0.717, 1.165) is 24.0 Å². The summed E-state index contributed by atoms with van der Waals surface area (Å²) in [7, 11) is 0. The van der Waals surface area contributed by atoms with Gasteiger partial charge in [-0.05, 0) is 36.0 Å². The molecule has 0 aromatic heterocycles. The summed E-state index contributed by atoms with van der Waals surface area (Å²) in [6.45, 7) is 0.448. The van der Waals surface area contributed by atoms with E-state index in [1.54, 1.807) is 6.07 Å². The monoisotopic (exact) mass is 201 g/mol. The second-order valence-corrected chi connectivity index (χ2v) is 3.29. The van der Waals surface area contributed by atoms with Crippen LogP contribution in [0.25, 0.3) is 0 Å². The zero-order valence-corrected chi connectivity index (χ0v) is 8.11. The van der Waals surface area contributed by atoms with Gasteiger partial charge in [0.15, 0.2) is 0 Å². The van der Waals surface area contributed by atoms with Crippen molar-refractivity contribution >= 4 is 12.4 Å². The first-order valence-corrected chi connectivity index (χ1v) is 4.30. The van der Waals surface area contributed by atoms with Gasteiger partial charge in [-0.15, -0.1) is 12.4 Å². The quantitative estimate of drug-likeness (QED) is 0.782. The highest BCUT2D eigenvalue weighted by atomic mass is 35.5. The summed E-state index contributed by atoms with van der Waals surface area (Å²) >= 11 is 0. The van der Waals surface area contributed by atoms with Crippen LogP contribution in [-0.2, 0) is 6.54 Å². The highest BCUT2D eigenvalue weighted by Crippen LogP contribution is 2.42. The molecule has 0 heterocycles. The minimum atomic E-state index is -0.0829. The molecule has 1 aromatic carbocycles. The molecule has 0 amide bonds. The number of halogens is 2. The zero-order chi connectivity index (χ0) is 8.55. The molecule has 0 radical (unpaired) electrons. The second-order valence-electron chi connectivity index (χ2n) is 3.29. The van der Waals surface area contributed by atoms with Gasteiger partial charge in [0, 0.05) is 6.54 Å². The van der Waals surface area contributed by atoms with Gasteiger partial charge >= 0.3 is 0 Å². The average molecular weight is 202 g/mol. The summed E-state index contributed by atoms with van der Waals surface area (Å²) in [6, 6.07) is 5.16. The van der Waals surface area contributed by atoms with E-state index >= 15 is 0 Å². The number of rotatable bonds is 2. The third-order valence-corrected chi connectivity index (χ3v) is 2.35. The normalized spacial score (nSPS) is 15.2. The van der Waals surface area contributed by atoms with Gasteiger partial charge < -0.3 is 5.73 Å². The molecule has 13 heavy (non-hydrogen) atoms. The molecule has 0 spiro atoms. The Morgan fingerprint density at radius 1 is 1.38 bits per heavy atom. The molecule has 3 heteroatoms. The predicted molar refractivity (Wildman–Crippen MR) is 53.5 cm³/mol. The van der Waals surface area contributed by atoms with Crippen molar-refractivity contribution in [2.75, 3.05) is 0 Å². The van der Waals surface area contributed by atoms with Crippen molar-refractivity contribution in [2.45, 2.75) is 25.3 Å². The fourth-order valence-corrected chi connectivity index (χ4v) is 1.59. The molecule has 1 saturated carbocycles. The lowest BCUT2D eigenvalue weighted by molar-refractivity contribution is 0.607. The number of hydrogen-bond donors (Lipinski definition) is 1. The van der Waals surface area contributed by atoms with Crippen molar-refractivity contribution in [3.8, 4) is 0 Å². The van der Waals surface area contributed by atoms with Crippen LogP contribution in [0.4, 0.5) is 4.39 Å². The summed E-state index contributed by atoms with van der Waals surface area (Å²) in [6.07, 6.45) is 2.24. The molecule has 1 aromatic rings. The Hall–Kier alpha value is -0.600. The molecule has 72 valence electrons. The molecule has 2 rings (SSSR count). The van der Waals surface area contributed by atoms with E-state index in [9.17, 15) is 4.39 Å². The van der Waals surface area contributed by atoms with Crippen molar-refractivity contribution in [1.82, 2.24) is 0 Å². The maximum absolute atomic E-state index is 13.3. The average Bonchev–Trinajstić information content (AvgIpc) is 2.87.